The number of anilines is 1. The van der Waals surface area contributed by atoms with E-state index in [-0.39, 0.29) is 16.2 Å². The van der Waals surface area contributed by atoms with Gasteiger partial charge in [0.1, 0.15) is 16.4 Å². The highest BCUT2D eigenvalue weighted by atomic mass is 79.9. The van der Waals surface area contributed by atoms with Crippen molar-refractivity contribution in [3.63, 3.8) is 0 Å². The van der Waals surface area contributed by atoms with Gasteiger partial charge in [-0.25, -0.2) is 18.9 Å². The Morgan fingerprint density at radius 2 is 2.03 bits per heavy atom. The normalized spacial score (nSPS) is 22.0. The van der Waals surface area contributed by atoms with Gasteiger partial charge in [0.15, 0.2) is 5.82 Å². The number of nitrogens with zero attached hydrogens (tertiary/aromatic N) is 6. The molecule has 1 saturated heterocycles. The fraction of sp³-hybridized carbons (Fsp3) is 0.550. The van der Waals surface area contributed by atoms with Crippen molar-refractivity contribution in [2.45, 2.75) is 50.9 Å². The summed E-state index contributed by atoms with van der Waals surface area (Å²) >= 11 is 3.54. The highest BCUT2D eigenvalue weighted by Crippen LogP contribution is 2.50. The fourth-order valence-corrected chi connectivity index (χ4v) is 5.94. The molecule has 0 aromatic carbocycles. The Morgan fingerprint density at radius 1 is 1.27 bits per heavy atom. The smallest absolute Gasteiger partial charge is 0.154 e. The van der Waals surface area contributed by atoms with Crippen molar-refractivity contribution in [1.82, 2.24) is 28.9 Å². The van der Waals surface area contributed by atoms with E-state index in [1.54, 1.807) is 6.33 Å². The average Bonchev–Trinajstić information content (AvgIpc) is 3.40. The van der Waals surface area contributed by atoms with Crippen LogP contribution in [0.4, 0.5) is 5.82 Å². The summed E-state index contributed by atoms with van der Waals surface area (Å²) in [6.45, 7) is 8.66. The second-order valence-corrected chi connectivity index (χ2v) is 12.1. The summed E-state index contributed by atoms with van der Waals surface area (Å²) in [6, 6.07) is 2.10. The first-order valence-corrected chi connectivity index (χ1v) is 12.1. The minimum Gasteiger partial charge on any atom is -0.355 e. The largest absolute Gasteiger partial charge is 0.355 e. The highest BCUT2D eigenvalue weighted by Gasteiger charge is 2.50. The molecule has 30 heavy (non-hydrogen) atoms. The molecule has 0 bridgehead atoms. The first-order valence-electron chi connectivity index (χ1n) is 10.2. The summed E-state index contributed by atoms with van der Waals surface area (Å²) in [7, 11) is -1.14. The number of halogens is 1. The minimum absolute atomic E-state index is 0.00684. The quantitative estimate of drug-likeness (QED) is 0.608. The van der Waals surface area contributed by atoms with E-state index in [0.717, 1.165) is 54.1 Å². The highest BCUT2D eigenvalue weighted by molar-refractivity contribution is 9.10. The third-order valence-corrected chi connectivity index (χ3v) is 8.50. The van der Waals surface area contributed by atoms with Gasteiger partial charge in [0.05, 0.1) is 39.9 Å². The molecule has 0 radical (unpaired) electrons. The molecule has 5 heterocycles. The van der Waals surface area contributed by atoms with Crippen LogP contribution < -0.4 is 9.62 Å². The standard InChI is InChI=1S/C20H26BrN7OS/c1-19(2,3)30(29)25-17-14-4-7-24-28(14)12-20(17)5-8-26(9-6-20)18-15-10-22-13-27(15)16(21)11-23-18/h4,7,10-11,13,17,25H,5-6,8-9,12H2,1-3H3/t17-,30-/m1/s1. The second-order valence-electron chi connectivity index (χ2n) is 9.25. The van der Waals surface area contributed by atoms with Crippen LogP contribution in [0.1, 0.15) is 45.3 Å². The number of piperidine rings is 1. The molecule has 0 saturated carbocycles. The van der Waals surface area contributed by atoms with Gasteiger partial charge in [-0.15, -0.1) is 0 Å². The third kappa shape index (κ3) is 3.20. The summed E-state index contributed by atoms with van der Waals surface area (Å²) in [4.78, 5) is 11.3. The van der Waals surface area contributed by atoms with Gasteiger partial charge >= 0.3 is 0 Å². The molecule has 8 nitrogen and oxygen atoms in total. The molecule has 5 rings (SSSR count). The van der Waals surface area contributed by atoms with Gasteiger partial charge in [-0.05, 0) is 55.6 Å². The van der Waals surface area contributed by atoms with E-state index in [1.807, 2.05) is 43.8 Å². The molecule has 2 aliphatic rings. The molecule has 2 aliphatic heterocycles. The van der Waals surface area contributed by atoms with E-state index in [0.29, 0.717) is 0 Å². The summed E-state index contributed by atoms with van der Waals surface area (Å²) in [5, 5.41) is 4.52. The van der Waals surface area contributed by atoms with Crippen molar-refractivity contribution in [1.29, 1.82) is 0 Å². The van der Waals surface area contributed by atoms with Crippen molar-refractivity contribution in [2.24, 2.45) is 5.41 Å². The van der Waals surface area contributed by atoms with Crippen LogP contribution in [0.3, 0.4) is 0 Å². The number of aromatic nitrogens is 5. The van der Waals surface area contributed by atoms with Gasteiger partial charge in [-0.2, -0.15) is 5.10 Å². The summed E-state index contributed by atoms with van der Waals surface area (Å²) in [5.74, 6) is 0.962. The van der Waals surface area contributed by atoms with E-state index in [1.165, 1.54) is 0 Å². The number of nitrogens with one attached hydrogen (secondary N) is 1. The molecule has 0 unspecified atom stereocenters. The molecule has 0 amide bonds. The minimum atomic E-state index is -1.14. The molecule has 3 aromatic heterocycles. The Bertz CT molecular complexity index is 1110. The van der Waals surface area contributed by atoms with Crippen LogP contribution in [-0.2, 0) is 17.5 Å². The lowest BCUT2D eigenvalue weighted by molar-refractivity contribution is 0.161. The Labute approximate surface area is 186 Å². The third-order valence-electron chi connectivity index (χ3n) is 6.35. The van der Waals surface area contributed by atoms with E-state index in [4.69, 9.17) is 0 Å². The van der Waals surface area contributed by atoms with Crippen molar-refractivity contribution in [2.75, 3.05) is 18.0 Å². The maximum absolute atomic E-state index is 12.9. The van der Waals surface area contributed by atoms with Gasteiger partial charge in [-0.1, -0.05) is 0 Å². The maximum Gasteiger partial charge on any atom is 0.154 e. The first-order chi connectivity index (χ1) is 14.3. The van der Waals surface area contributed by atoms with Gasteiger partial charge < -0.3 is 4.90 Å². The Hall–Kier alpha value is -1.78. The van der Waals surface area contributed by atoms with Crippen molar-refractivity contribution in [3.8, 4) is 0 Å². The summed E-state index contributed by atoms with van der Waals surface area (Å²) in [5.41, 5.74) is 2.15. The molecule has 0 aliphatic carbocycles. The van der Waals surface area contributed by atoms with Crippen LogP contribution in [0.2, 0.25) is 0 Å². The van der Waals surface area contributed by atoms with Gasteiger partial charge in [-0.3, -0.25) is 9.08 Å². The van der Waals surface area contributed by atoms with Crippen molar-refractivity contribution < 1.29 is 4.21 Å². The fourth-order valence-electron chi connectivity index (χ4n) is 4.62. The molecule has 2 atom stereocenters. The second kappa shape index (κ2) is 7.13. The number of hydrogen-bond acceptors (Lipinski definition) is 5. The molecule has 1 fully saturated rings. The van der Waals surface area contributed by atoms with Crippen LogP contribution in [0, 0.1) is 5.41 Å². The van der Waals surface area contributed by atoms with E-state index < -0.39 is 11.0 Å². The van der Waals surface area contributed by atoms with E-state index >= 15 is 0 Å². The predicted octanol–water partition coefficient (Wildman–Crippen LogP) is 3.08. The molecule has 1 N–H and O–H groups in total. The zero-order valence-corrected chi connectivity index (χ0v) is 19.8. The van der Waals surface area contributed by atoms with Gasteiger partial charge in [0.2, 0.25) is 0 Å². The monoisotopic (exact) mass is 491 g/mol. The van der Waals surface area contributed by atoms with Crippen LogP contribution >= 0.6 is 15.9 Å². The van der Waals surface area contributed by atoms with Gasteiger partial charge in [0, 0.05) is 31.2 Å². The number of hydrogen-bond donors (Lipinski definition) is 1. The lowest BCUT2D eigenvalue weighted by Crippen LogP contribution is -2.48. The van der Waals surface area contributed by atoms with E-state index in [2.05, 4.69) is 51.4 Å². The van der Waals surface area contributed by atoms with Crippen LogP contribution in [-0.4, -0.2) is 46.2 Å². The zero-order chi connectivity index (χ0) is 21.1. The summed E-state index contributed by atoms with van der Waals surface area (Å²) < 4.78 is 21.1. The van der Waals surface area contributed by atoms with Crippen LogP contribution in [0.25, 0.3) is 5.52 Å². The molecular formula is C20H26BrN7OS. The Balaban J connectivity index is 1.41. The Kier molecular flexibility index (Phi) is 4.79. The van der Waals surface area contributed by atoms with Crippen molar-refractivity contribution >= 4 is 38.3 Å². The average molecular weight is 492 g/mol. The van der Waals surface area contributed by atoms with Crippen LogP contribution in [0.15, 0.2) is 35.6 Å². The van der Waals surface area contributed by atoms with Crippen molar-refractivity contribution in [3.05, 3.63) is 41.3 Å². The van der Waals surface area contributed by atoms with E-state index in [9.17, 15) is 4.21 Å². The lowest BCUT2D eigenvalue weighted by Gasteiger charge is -2.43. The number of fused-ring (bicyclic) bond motifs is 2. The lowest BCUT2D eigenvalue weighted by atomic mass is 9.73. The molecule has 3 aromatic rings. The number of rotatable bonds is 3. The molecule has 10 heteroatoms. The first kappa shape index (κ1) is 20.1. The molecular weight excluding hydrogens is 466 g/mol. The molecule has 160 valence electrons. The van der Waals surface area contributed by atoms with Crippen LogP contribution in [0.5, 0.6) is 0 Å². The maximum atomic E-state index is 12.9. The number of imidazole rings is 1. The predicted molar refractivity (Wildman–Crippen MR) is 121 cm³/mol. The Morgan fingerprint density at radius 3 is 2.77 bits per heavy atom. The zero-order valence-electron chi connectivity index (χ0n) is 17.4. The topological polar surface area (TPSA) is 80.4 Å². The SMILES string of the molecule is CC(C)(C)[S@@](=O)N[C@@H]1c2ccnn2CC12CCN(c1ncc(Br)n3cncc13)CC2. The van der Waals surface area contributed by atoms with Gasteiger partial charge in [0.25, 0.3) is 0 Å². The molecule has 1 spiro atoms. The summed E-state index contributed by atoms with van der Waals surface area (Å²) in [6.07, 6.45) is 9.29.